The van der Waals surface area contributed by atoms with Crippen LogP contribution in [0.15, 0.2) is 0 Å². The van der Waals surface area contributed by atoms with Gasteiger partial charge in [-0.15, -0.1) is 0 Å². The third-order valence-electron chi connectivity index (χ3n) is 1.98. The van der Waals surface area contributed by atoms with Crippen molar-refractivity contribution in [1.82, 2.24) is 0 Å². The molecule has 3 heteroatoms. The zero-order valence-corrected chi connectivity index (χ0v) is 8.04. The van der Waals surface area contributed by atoms with Crippen molar-refractivity contribution >= 4 is 0 Å². The number of hydrogen-bond acceptors (Lipinski definition) is 3. The molecule has 0 saturated carbocycles. The molecule has 0 amide bonds. The van der Waals surface area contributed by atoms with Crippen molar-refractivity contribution in [3.63, 3.8) is 0 Å². The number of ether oxygens (including phenoxy) is 2. The fourth-order valence-electron chi connectivity index (χ4n) is 1.70. The molecule has 0 aromatic carbocycles. The second-order valence-electron chi connectivity index (χ2n) is 3.82. The highest BCUT2D eigenvalue weighted by Crippen LogP contribution is 2.27. The number of aliphatic hydroxyl groups is 1. The Kier molecular flexibility index (Phi) is 3.09. The summed E-state index contributed by atoms with van der Waals surface area (Å²) in [6.07, 6.45) is 1.96. The second kappa shape index (κ2) is 3.73. The van der Waals surface area contributed by atoms with Crippen molar-refractivity contribution in [2.75, 3.05) is 6.61 Å². The molecule has 0 aromatic heterocycles. The van der Waals surface area contributed by atoms with Crippen LogP contribution in [0.4, 0.5) is 0 Å². The summed E-state index contributed by atoms with van der Waals surface area (Å²) in [7, 11) is 0. The molecule has 0 radical (unpaired) electrons. The van der Waals surface area contributed by atoms with Crippen LogP contribution < -0.4 is 0 Å². The van der Waals surface area contributed by atoms with Crippen LogP contribution in [-0.4, -0.2) is 29.7 Å². The Morgan fingerprint density at radius 1 is 1.42 bits per heavy atom. The molecule has 1 rings (SSSR count). The molecule has 1 N–H and O–H groups in total. The summed E-state index contributed by atoms with van der Waals surface area (Å²) in [6.45, 7) is 6.04. The third kappa shape index (κ3) is 2.73. The van der Waals surface area contributed by atoms with E-state index < -0.39 is 5.79 Å². The molecule has 0 aliphatic carbocycles. The van der Waals surface area contributed by atoms with Crippen molar-refractivity contribution in [1.29, 1.82) is 0 Å². The Balaban J connectivity index is 2.46. The van der Waals surface area contributed by atoms with E-state index in [1.54, 1.807) is 0 Å². The summed E-state index contributed by atoms with van der Waals surface area (Å²) in [5, 5.41) is 8.75. The van der Waals surface area contributed by atoms with Crippen LogP contribution in [0.5, 0.6) is 0 Å². The van der Waals surface area contributed by atoms with Gasteiger partial charge in [0.2, 0.25) is 0 Å². The van der Waals surface area contributed by atoms with Gasteiger partial charge >= 0.3 is 0 Å². The molecule has 1 aliphatic rings. The predicted octanol–water partition coefficient (Wildman–Crippen LogP) is 1.30. The average molecular weight is 174 g/mol. The van der Waals surface area contributed by atoms with Gasteiger partial charge in [0.05, 0.1) is 12.2 Å². The van der Waals surface area contributed by atoms with Gasteiger partial charge in [-0.1, -0.05) is 0 Å². The van der Waals surface area contributed by atoms with Crippen molar-refractivity contribution in [2.45, 2.75) is 51.6 Å². The lowest BCUT2D eigenvalue weighted by atomic mass is 10.1. The van der Waals surface area contributed by atoms with Crippen LogP contribution in [0.1, 0.15) is 33.6 Å². The molecule has 2 unspecified atom stereocenters. The Bertz CT molecular complexity index is 145. The molecule has 0 bridgehead atoms. The molecule has 1 fully saturated rings. The SMILES string of the molecule is CC1CC(CCO)OC(C)(C)O1. The van der Waals surface area contributed by atoms with E-state index in [9.17, 15) is 0 Å². The molecule has 12 heavy (non-hydrogen) atoms. The van der Waals surface area contributed by atoms with E-state index in [1.807, 2.05) is 20.8 Å². The Labute approximate surface area is 73.7 Å². The summed E-state index contributed by atoms with van der Waals surface area (Å²) in [5.74, 6) is -0.489. The average Bonchev–Trinajstić information content (AvgIpc) is 1.82. The van der Waals surface area contributed by atoms with Gasteiger partial charge in [0.15, 0.2) is 5.79 Å². The quantitative estimate of drug-likeness (QED) is 0.685. The highest BCUT2D eigenvalue weighted by Gasteiger charge is 2.32. The summed E-state index contributed by atoms with van der Waals surface area (Å²) >= 11 is 0. The van der Waals surface area contributed by atoms with Gasteiger partial charge < -0.3 is 14.6 Å². The van der Waals surface area contributed by atoms with Crippen molar-refractivity contribution in [3.05, 3.63) is 0 Å². The maximum atomic E-state index is 8.75. The summed E-state index contributed by atoms with van der Waals surface area (Å²) < 4.78 is 11.1. The maximum absolute atomic E-state index is 8.75. The van der Waals surface area contributed by atoms with Gasteiger partial charge in [-0.05, 0) is 33.6 Å². The van der Waals surface area contributed by atoms with E-state index in [1.165, 1.54) is 0 Å². The minimum Gasteiger partial charge on any atom is -0.396 e. The monoisotopic (exact) mass is 174 g/mol. The molecular weight excluding hydrogens is 156 g/mol. The smallest absolute Gasteiger partial charge is 0.163 e. The normalized spacial score (nSPS) is 35.0. The van der Waals surface area contributed by atoms with Gasteiger partial charge in [-0.2, -0.15) is 0 Å². The van der Waals surface area contributed by atoms with Crippen LogP contribution in [0.25, 0.3) is 0 Å². The van der Waals surface area contributed by atoms with Crippen LogP contribution in [0.3, 0.4) is 0 Å². The lowest BCUT2D eigenvalue weighted by molar-refractivity contribution is -0.297. The number of rotatable bonds is 2. The molecule has 3 nitrogen and oxygen atoms in total. The fourth-order valence-corrected chi connectivity index (χ4v) is 1.70. The van der Waals surface area contributed by atoms with Gasteiger partial charge in [-0.3, -0.25) is 0 Å². The molecule has 1 saturated heterocycles. The first-order valence-electron chi connectivity index (χ1n) is 4.50. The lowest BCUT2D eigenvalue weighted by Gasteiger charge is -2.39. The van der Waals surface area contributed by atoms with Gasteiger partial charge in [0.1, 0.15) is 0 Å². The van der Waals surface area contributed by atoms with E-state index in [0.717, 1.165) is 6.42 Å². The number of hydrogen-bond donors (Lipinski definition) is 1. The van der Waals surface area contributed by atoms with Crippen LogP contribution in [0, 0.1) is 0 Å². The first kappa shape index (κ1) is 9.96. The van der Waals surface area contributed by atoms with E-state index in [0.29, 0.717) is 6.42 Å². The van der Waals surface area contributed by atoms with Crippen LogP contribution in [-0.2, 0) is 9.47 Å². The van der Waals surface area contributed by atoms with Crippen LogP contribution >= 0.6 is 0 Å². The number of aliphatic hydroxyl groups excluding tert-OH is 1. The minimum atomic E-state index is -0.489. The zero-order chi connectivity index (χ0) is 9.19. The molecular formula is C9H18O3. The molecule has 2 atom stereocenters. The van der Waals surface area contributed by atoms with Crippen LogP contribution in [0.2, 0.25) is 0 Å². The van der Waals surface area contributed by atoms with Gasteiger partial charge in [0, 0.05) is 6.61 Å². The van der Waals surface area contributed by atoms with E-state index in [2.05, 4.69) is 0 Å². The summed E-state index contributed by atoms with van der Waals surface area (Å²) in [4.78, 5) is 0. The summed E-state index contributed by atoms with van der Waals surface area (Å²) in [5.41, 5.74) is 0. The van der Waals surface area contributed by atoms with E-state index in [-0.39, 0.29) is 18.8 Å². The maximum Gasteiger partial charge on any atom is 0.163 e. The van der Waals surface area contributed by atoms with Crippen molar-refractivity contribution < 1.29 is 14.6 Å². The van der Waals surface area contributed by atoms with E-state index in [4.69, 9.17) is 14.6 Å². The summed E-state index contributed by atoms with van der Waals surface area (Å²) in [6, 6.07) is 0. The van der Waals surface area contributed by atoms with E-state index >= 15 is 0 Å². The molecule has 0 spiro atoms. The molecule has 72 valence electrons. The zero-order valence-electron chi connectivity index (χ0n) is 8.04. The van der Waals surface area contributed by atoms with Crippen molar-refractivity contribution in [2.24, 2.45) is 0 Å². The Morgan fingerprint density at radius 2 is 2.08 bits per heavy atom. The largest absolute Gasteiger partial charge is 0.396 e. The third-order valence-corrected chi connectivity index (χ3v) is 1.98. The Hall–Kier alpha value is -0.120. The predicted molar refractivity (Wildman–Crippen MR) is 45.8 cm³/mol. The molecule has 1 heterocycles. The second-order valence-corrected chi connectivity index (χ2v) is 3.82. The highest BCUT2D eigenvalue weighted by molar-refractivity contribution is 4.73. The van der Waals surface area contributed by atoms with Gasteiger partial charge in [0.25, 0.3) is 0 Å². The van der Waals surface area contributed by atoms with Gasteiger partial charge in [-0.25, -0.2) is 0 Å². The minimum absolute atomic E-state index is 0.147. The molecule has 1 aliphatic heterocycles. The fraction of sp³-hybridized carbons (Fsp3) is 1.00. The lowest BCUT2D eigenvalue weighted by Crippen LogP contribution is -2.43. The first-order valence-corrected chi connectivity index (χ1v) is 4.50. The topological polar surface area (TPSA) is 38.7 Å². The first-order chi connectivity index (χ1) is 5.53. The highest BCUT2D eigenvalue weighted by atomic mass is 16.7. The Morgan fingerprint density at radius 3 is 2.58 bits per heavy atom. The molecule has 0 aromatic rings. The standard InChI is InChI=1S/C9H18O3/c1-7-6-8(4-5-10)12-9(2,3)11-7/h7-8,10H,4-6H2,1-3H3. The van der Waals surface area contributed by atoms with Crippen molar-refractivity contribution in [3.8, 4) is 0 Å².